The van der Waals surface area contributed by atoms with Gasteiger partial charge < -0.3 is 15.4 Å². The molecule has 1 aliphatic heterocycles. The number of amides is 1. The molecule has 1 saturated heterocycles. The van der Waals surface area contributed by atoms with Crippen LogP contribution in [0.1, 0.15) is 12.8 Å². The molecule has 0 aliphatic carbocycles. The SMILES string of the molecule is Cl.Cl.O=C(COc1ccc(Cl)c2cccnc12)N[C@H]1CCCNC1. The maximum atomic E-state index is 12.0. The number of halogens is 3. The van der Waals surface area contributed by atoms with Crippen LogP contribution >= 0.6 is 36.4 Å². The Hall–Kier alpha value is -1.27. The molecule has 1 amide bonds. The number of piperidine rings is 1. The first-order chi connectivity index (χ1) is 10.7. The Balaban J connectivity index is 0.00000144. The van der Waals surface area contributed by atoms with Crippen LogP contribution < -0.4 is 15.4 Å². The standard InChI is InChI=1S/C16H18ClN3O2.2ClH/c17-13-5-6-14(16-12(13)4-2-8-19-16)22-10-15(21)20-11-3-1-7-18-9-11;;/h2,4-6,8,11,18H,1,3,7,9-10H2,(H,20,21);2*1H/t11-;;/m0../s1. The molecule has 0 bridgehead atoms. The molecule has 2 aromatic rings. The first kappa shape index (κ1) is 20.8. The van der Waals surface area contributed by atoms with Gasteiger partial charge in [-0.2, -0.15) is 0 Å². The van der Waals surface area contributed by atoms with Crippen molar-refractivity contribution in [2.75, 3.05) is 19.7 Å². The van der Waals surface area contributed by atoms with Crippen LogP contribution in [0.25, 0.3) is 10.9 Å². The number of ether oxygens (including phenoxy) is 1. The maximum absolute atomic E-state index is 12.0. The van der Waals surface area contributed by atoms with Crippen LogP contribution in [0, 0.1) is 0 Å². The number of hydrogen-bond acceptors (Lipinski definition) is 4. The highest BCUT2D eigenvalue weighted by Crippen LogP contribution is 2.29. The van der Waals surface area contributed by atoms with Gasteiger partial charge in [0, 0.05) is 24.2 Å². The molecule has 0 saturated carbocycles. The second kappa shape index (κ2) is 9.89. The van der Waals surface area contributed by atoms with Crippen molar-refractivity contribution in [3.63, 3.8) is 0 Å². The Morgan fingerprint density at radius 2 is 2.21 bits per heavy atom. The molecule has 1 aliphatic rings. The van der Waals surface area contributed by atoms with E-state index < -0.39 is 0 Å². The monoisotopic (exact) mass is 391 g/mol. The number of nitrogens with one attached hydrogen (secondary N) is 2. The van der Waals surface area contributed by atoms with Gasteiger partial charge in [-0.1, -0.05) is 11.6 Å². The minimum absolute atomic E-state index is 0. The molecule has 1 atom stereocenters. The number of pyridine rings is 1. The summed E-state index contributed by atoms with van der Waals surface area (Å²) < 4.78 is 5.62. The van der Waals surface area contributed by atoms with E-state index in [1.54, 1.807) is 18.3 Å². The molecule has 1 aromatic heterocycles. The zero-order valence-electron chi connectivity index (χ0n) is 13.0. The normalized spacial score (nSPS) is 16.6. The van der Waals surface area contributed by atoms with Gasteiger partial charge >= 0.3 is 0 Å². The fraction of sp³-hybridized carbons (Fsp3) is 0.375. The highest BCUT2D eigenvalue weighted by molar-refractivity contribution is 6.35. The first-order valence-electron chi connectivity index (χ1n) is 7.40. The fourth-order valence-corrected chi connectivity index (χ4v) is 2.83. The van der Waals surface area contributed by atoms with Gasteiger partial charge in [-0.3, -0.25) is 9.78 Å². The molecule has 1 aromatic carbocycles. The van der Waals surface area contributed by atoms with E-state index in [4.69, 9.17) is 16.3 Å². The molecule has 0 unspecified atom stereocenters. The van der Waals surface area contributed by atoms with E-state index in [2.05, 4.69) is 15.6 Å². The zero-order valence-corrected chi connectivity index (χ0v) is 15.3. The quantitative estimate of drug-likeness (QED) is 0.839. The zero-order chi connectivity index (χ0) is 15.4. The lowest BCUT2D eigenvalue weighted by molar-refractivity contribution is -0.123. The van der Waals surface area contributed by atoms with E-state index in [-0.39, 0.29) is 43.4 Å². The van der Waals surface area contributed by atoms with E-state index in [1.807, 2.05) is 12.1 Å². The second-order valence-corrected chi connectivity index (χ2v) is 5.75. The Bertz CT molecular complexity index is 679. The number of fused-ring (bicyclic) bond motifs is 1. The third-order valence-corrected chi connectivity index (χ3v) is 4.03. The third kappa shape index (κ3) is 5.11. The van der Waals surface area contributed by atoms with Gasteiger partial charge in [0.05, 0.1) is 5.02 Å². The lowest BCUT2D eigenvalue weighted by Gasteiger charge is -2.23. The van der Waals surface area contributed by atoms with Crippen LogP contribution in [0.15, 0.2) is 30.5 Å². The molecule has 8 heteroatoms. The summed E-state index contributed by atoms with van der Waals surface area (Å²) in [5.74, 6) is 0.449. The molecule has 0 spiro atoms. The topological polar surface area (TPSA) is 63.2 Å². The summed E-state index contributed by atoms with van der Waals surface area (Å²) in [5, 5.41) is 7.68. The third-order valence-electron chi connectivity index (χ3n) is 3.70. The van der Waals surface area contributed by atoms with Crippen molar-refractivity contribution >= 4 is 53.2 Å². The number of rotatable bonds is 4. The number of aromatic nitrogens is 1. The number of benzene rings is 1. The summed E-state index contributed by atoms with van der Waals surface area (Å²) in [5.41, 5.74) is 0.669. The van der Waals surface area contributed by atoms with E-state index in [1.165, 1.54) is 0 Å². The van der Waals surface area contributed by atoms with Gasteiger partial charge in [-0.15, -0.1) is 24.8 Å². The number of carbonyl (C=O) groups is 1. The highest BCUT2D eigenvalue weighted by atomic mass is 35.5. The van der Waals surface area contributed by atoms with E-state index in [9.17, 15) is 4.79 Å². The number of nitrogens with zero attached hydrogens (tertiary/aromatic N) is 1. The Kier molecular flexibility index (Phi) is 8.56. The van der Waals surface area contributed by atoms with Crippen LogP contribution in [-0.4, -0.2) is 36.6 Å². The van der Waals surface area contributed by atoms with Crippen molar-refractivity contribution in [1.82, 2.24) is 15.6 Å². The summed E-state index contributed by atoms with van der Waals surface area (Å²) >= 11 is 6.14. The van der Waals surface area contributed by atoms with Crippen LogP contribution in [-0.2, 0) is 4.79 Å². The molecular formula is C16H20Cl3N3O2. The maximum Gasteiger partial charge on any atom is 0.258 e. The molecule has 5 nitrogen and oxygen atoms in total. The number of carbonyl (C=O) groups excluding carboxylic acids is 1. The highest BCUT2D eigenvalue weighted by Gasteiger charge is 2.16. The summed E-state index contributed by atoms with van der Waals surface area (Å²) in [7, 11) is 0. The molecular weight excluding hydrogens is 373 g/mol. The average molecular weight is 393 g/mol. The Morgan fingerprint density at radius 1 is 1.38 bits per heavy atom. The van der Waals surface area contributed by atoms with E-state index in [0.29, 0.717) is 16.3 Å². The number of hydrogen-bond donors (Lipinski definition) is 2. The summed E-state index contributed by atoms with van der Waals surface area (Å²) in [4.78, 5) is 16.3. The first-order valence-corrected chi connectivity index (χ1v) is 7.78. The van der Waals surface area contributed by atoms with Gasteiger partial charge in [0.2, 0.25) is 0 Å². The molecule has 1 fully saturated rings. The van der Waals surface area contributed by atoms with Crippen molar-refractivity contribution in [1.29, 1.82) is 0 Å². The molecule has 2 heterocycles. The second-order valence-electron chi connectivity index (χ2n) is 5.34. The lowest BCUT2D eigenvalue weighted by atomic mass is 10.1. The predicted octanol–water partition coefficient (Wildman–Crippen LogP) is 2.98. The Labute approximate surface area is 158 Å². The van der Waals surface area contributed by atoms with Crippen molar-refractivity contribution in [2.45, 2.75) is 18.9 Å². The van der Waals surface area contributed by atoms with Crippen molar-refractivity contribution < 1.29 is 9.53 Å². The van der Waals surface area contributed by atoms with Crippen LogP contribution in [0.5, 0.6) is 5.75 Å². The largest absolute Gasteiger partial charge is 0.481 e. The Morgan fingerprint density at radius 3 is 2.96 bits per heavy atom. The average Bonchev–Trinajstić information content (AvgIpc) is 2.55. The summed E-state index contributed by atoms with van der Waals surface area (Å²) in [6.45, 7) is 1.81. The predicted molar refractivity (Wildman–Crippen MR) is 101 cm³/mol. The van der Waals surface area contributed by atoms with E-state index in [0.717, 1.165) is 31.3 Å². The lowest BCUT2D eigenvalue weighted by Crippen LogP contribution is -2.47. The van der Waals surface area contributed by atoms with Crippen LogP contribution in [0.3, 0.4) is 0 Å². The molecule has 3 rings (SSSR count). The van der Waals surface area contributed by atoms with Gasteiger partial charge in [-0.05, 0) is 43.7 Å². The van der Waals surface area contributed by atoms with Crippen LogP contribution in [0.4, 0.5) is 0 Å². The molecule has 24 heavy (non-hydrogen) atoms. The smallest absolute Gasteiger partial charge is 0.258 e. The molecule has 132 valence electrons. The molecule has 2 N–H and O–H groups in total. The summed E-state index contributed by atoms with van der Waals surface area (Å²) in [6, 6.07) is 7.38. The van der Waals surface area contributed by atoms with Gasteiger partial charge in [0.15, 0.2) is 6.61 Å². The van der Waals surface area contributed by atoms with Crippen LogP contribution in [0.2, 0.25) is 5.02 Å². The van der Waals surface area contributed by atoms with Gasteiger partial charge in [0.25, 0.3) is 5.91 Å². The van der Waals surface area contributed by atoms with Gasteiger partial charge in [0.1, 0.15) is 11.3 Å². The van der Waals surface area contributed by atoms with Crippen molar-refractivity contribution in [3.05, 3.63) is 35.5 Å². The fourth-order valence-electron chi connectivity index (χ4n) is 2.62. The molecule has 0 radical (unpaired) electrons. The minimum Gasteiger partial charge on any atom is -0.481 e. The minimum atomic E-state index is -0.118. The van der Waals surface area contributed by atoms with Crippen molar-refractivity contribution in [2.24, 2.45) is 0 Å². The summed E-state index contributed by atoms with van der Waals surface area (Å²) in [6.07, 6.45) is 3.76. The van der Waals surface area contributed by atoms with E-state index >= 15 is 0 Å². The van der Waals surface area contributed by atoms with Crippen molar-refractivity contribution in [3.8, 4) is 5.75 Å². The van der Waals surface area contributed by atoms with Gasteiger partial charge in [-0.25, -0.2) is 0 Å².